The number of carbonyl (C=O) groups is 4. The molecule has 0 bridgehead atoms. The Kier molecular flexibility index (Phi) is 4.54. The minimum absolute atomic E-state index is 0.103. The van der Waals surface area contributed by atoms with Gasteiger partial charge in [-0.15, -0.1) is 0 Å². The summed E-state index contributed by atoms with van der Waals surface area (Å²) >= 11 is 0. The summed E-state index contributed by atoms with van der Waals surface area (Å²) in [5, 5.41) is 45.0. The fourth-order valence-electron chi connectivity index (χ4n) is 3.58. The Morgan fingerprint density at radius 2 is 1.48 bits per heavy atom. The van der Waals surface area contributed by atoms with Crippen molar-refractivity contribution in [1.82, 2.24) is 0 Å². The predicted molar refractivity (Wildman–Crippen MR) is 97.6 cm³/mol. The average molecular weight is 412 g/mol. The van der Waals surface area contributed by atoms with Crippen molar-refractivity contribution in [3.05, 3.63) is 35.9 Å². The Morgan fingerprint density at radius 1 is 0.931 bits per heavy atom. The maximum Gasteiger partial charge on any atom is 0.200 e. The van der Waals surface area contributed by atoms with Gasteiger partial charge in [0.25, 0.3) is 0 Å². The number of hydrogen-bond acceptors (Lipinski definition) is 9. The van der Waals surface area contributed by atoms with Crippen LogP contribution in [-0.4, -0.2) is 72.6 Å². The van der Waals surface area contributed by atoms with E-state index in [1.54, 1.807) is 0 Å². The number of ether oxygens (including phenoxy) is 1. The molecule has 1 saturated heterocycles. The van der Waals surface area contributed by atoms with E-state index >= 15 is 0 Å². The standard InChI is InChI=1S/C20H24O9/c1-10(21)15(25)17-19(27,12(3)23)20(28,13(4)24)18(26,11(2)22)16(29-17)14-8-6-5-7-9-14/h5-9,15-17,25-28H,1-4H3/t15?,16?,17-,18+,19-,20-/m1/s1/i1D,2D,3D,4D. The molecule has 1 aliphatic heterocycles. The third-order valence-corrected chi connectivity index (χ3v) is 5.15. The predicted octanol–water partition coefficient (Wildman–Crippen LogP) is -0.963. The fraction of sp³-hybridized carbons (Fsp3) is 0.500. The molecule has 1 aromatic carbocycles. The first-order valence-electron chi connectivity index (χ1n) is 11.1. The molecule has 29 heavy (non-hydrogen) atoms. The highest BCUT2D eigenvalue weighted by molar-refractivity contribution is 6.05. The zero-order chi connectivity index (χ0) is 25.2. The summed E-state index contributed by atoms with van der Waals surface area (Å²) < 4.78 is 34.9. The number of Topliss-reactive ketones (excluding diaryl/α,β-unsaturated/α-hetero) is 4. The van der Waals surface area contributed by atoms with Gasteiger partial charge in [-0.25, -0.2) is 0 Å². The molecule has 1 heterocycles. The van der Waals surface area contributed by atoms with Crippen LogP contribution in [0, 0.1) is 0 Å². The van der Waals surface area contributed by atoms with Crippen LogP contribution in [0.1, 0.15) is 44.7 Å². The van der Waals surface area contributed by atoms with E-state index in [2.05, 4.69) is 0 Å². The molecule has 1 aliphatic rings. The molecular formula is C20H24O9. The molecule has 0 aliphatic carbocycles. The molecular weight excluding hydrogens is 384 g/mol. The van der Waals surface area contributed by atoms with Gasteiger partial charge in [0.1, 0.15) is 18.3 Å². The molecule has 0 radical (unpaired) electrons. The number of ketones is 4. The van der Waals surface area contributed by atoms with Crippen LogP contribution in [0.4, 0.5) is 0 Å². The van der Waals surface area contributed by atoms with Crippen molar-refractivity contribution < 1.29 is 49.8 Å². The molecule has 1 fully saturated rings. The first kappa shape index (κ1) is 17.5. The summed E-state index contributed by atoms with van der Waals surface area (Å²) in [4.78, 5) is 50.6. The van der Waals surface area contributed by atoms with Crippen molar-refractivity contribution in [3.63, 3.8) is 0 Å². The largest absolute Gasteiger partial charge is 0.382 e. The van der Waals surface area contributed by atoms with Gasteiger partial charge in [0.05, 0.1) is 0 Å². The van der Waals surface area contributed by atoms with Crippen LogP contribution in [0.5, 0.6) is 0 Å². The molecule has 9 heteroatoms. The van der Waals surface area contributed by atoms with Crippen LogP contribution in [0.25, 0.3) is 0 Å². The number of hydrogen-bond donors (Lipinski definition) is 4. The monoisotopic (exact) mass is 412 g/mol. The van der Waals surface area contributed by atoms with Gasteiger partial charge in [0.2, 0.25) is 0 Å². The second-order valence-corrected chi connectivity index (χ2v) is 6.77. The third kappa shape index (κ3) is 2.97. The molecule has 2 rings (SSSR count). The van der Waals surface area contributed by atoms with E-state index in [4.69, 9.17) is 10.2 Å². The van der Waals surface area contributed by atoms with Gasteiger partial charge < -0.3 is 25.2 Å². The molecule has 6 atom stereocenters. The number of carbonyl (C=O) groups excluding carboxylic acids is 4. The van der Waals surface area contributed by atoms with Crippen LogP contribution in [0.15, 0.2) is 30.3 Å². The number of rotatable bonds is 6. The number of aliphatic hydroxyl groups is 4. The molecule has 158 valence electrons. The van der Waals surface area contributed by atoms with Crippen molar-refractivity contribution in [2.24, 2.45) is 0 Å². The van der Waals surface area contributed by atoms with E-state index in [1.165, 1.54) is 30.3 Å². The first-order valence-corrected chi connectivity index (χ1v) is 8.28. The van der Waals surface area contributed by atoms with Crippen LogP contribution < -0.4 is 0 Å². The highest BCUT2D eigenvalue weighted by Gasteiger charge is 2.79. The maximum absolute atomic E-state index is 12.9. The van der Waals surface area contributed by atoms with Crippen molar-refractivity contribution in [1.29, 1.82) is 0 Å². The molecule has 0 aromatic heterocycles. The highest BCUT2D eigenvalue weighted by Crippen LogP contribution is 2.52. The Balaban J connectivity index is 3.01. The van der Waals surface area contributed by atoms with Crippen LogP contribution >= 0.6 is 0 Å². The van der Waals surface area contributed by atoms with E-state index < -0.39 is 85.8 Å². The lowest BCUT2D eigenvalue weighted by Gasteiger charge is -2.58. The van der Waals surface area contributed by atoms with E-state index in [0.29, 0.717) is 0 Å². The Morgan fingerprint density at radius 3 is 2.00 bits per heavy atom. The van der Waals surface area contributed by atoms with Crippen LogP contribution in [0.3, 0.4) is 0 Å². The van der Waals surface area contributed by atoms with Gasteiger partial charge >= 0.3 is 0 Å². The fourth-order valence-corrected chi connectivity index (χ4v) is 3.58. The zero-order valence-corrected chi connectivity index (χ0v) is 15.3. The zero-order valence-electron chi connectivity index (χ0n) is 19.3. The molecule has 9 nitrogen and oxygen atoms in total. The Hall–Kier alpha value is -2.30. The van der Waals surface area contributed by atoms with Gasteiger partial charge in [-0.1, -0.05) is 30.3 Å². The highest BCUT2D eigenvalue weighted by atomic mass is 16.6. The summed E-state index contributed by atoms with van der Waals surface area (Å²) in [5.41, 5.74) is -11.3. The van der Waals surface area contributed by atoms with Gasteiger partial charge in [-0.05, 0) is 33.2 Å². The summed E-state index contributed by atoms with van der Waals surface area (Å²) in [6.45, 7) is -5.06. The normalized spacial score (nSPS) is 37.4. The minimum Gasteiger partial charge on any atom is -0.382 e. The van der Waals surface area contributed by atoms with Gasteiger partial charge in [-0.3, -0.25) is 19.2 Å². The van der Waals surface area contributed by atoms with Gasteiger partial charge in [0.15, 0.2) is 39.9 Å². The molecule has 0 amide bonds. The molecule has 4 N–H and O–H groups in total. The quantitative estimate of drug-likeness (QED) is 0.461. The second kappa shape index (κ2) is 7.51. The maximum atomic E-state index is 12.9. The van der Waals surface area contributed by atoms with Crippen molar-refractivity contribution in [2.75, 3.05) is 0 Å². The second-order valence-electron chi connectivity index (χ2n) is 6.77. The molecule has 0 saturated carbocycles. The smallest absolute Gasteiger partial charge is 0.200 e. The van der Waals surface area contributed by atoms with E-state index in [-0.39, 0.29) is 5.56 Å². The number of benzene rings is 1. The molecule has 0 spiro atoms. The van der Waals surface area contributed by atoms with Crippen LogP contribution in [0.2, 0.25) is 0 Å². The van der Waals surface area contributed by atoms with E-state index in [1.807, 2.05) is 0 Å². The molecule has 1 aromatic rings. The van der Waals surface area contributed by atoms with Gasteiger partial charge in [0, 0.05) is 5.48 Å². The lowest BCUT2D eigenvalue weighted by atomic mass is 9.57. The van der Waals surface area contributed by atoms with Gasteiger partial charge in [-0.2, -0.15) is 0 Å². The average Bonchev–Trinajstić information content (AvgIpc) is 2.85. The summed E-state index contributed by atoms with van der Waals surface area (Å²) in [6.07, 6.45) is -7.12. The number of aliphatic hydroxyl groups excluding tert-OH is 1. The van der Waals surface area contributed by atoms with E-state index in [9.17, 15) is 39.6 Å². The van der Waals surface area contributed by atoms with Crippen molar-refractivity contribution >= 4 is 23.1 Å². The topological polar surface area (TPSA) is 158 Å². The van der Waals surface area contributed by atoms with Crippen molar-refractivity contribution in [3.8, 4) is 0 Å². The first-order chi connectivity index (χ1) is 15.4. The summed E-state index contributed by atoms with van der Waals surface area (Å²) in [6, 6.07) is 6.88. The Bertz CT molecular complexity index is 929. The summed E-state index contributed by atoms with van der Waals surface area (Å²) in [5.74, 6) is -6.34. The molecule has 2 unspecified atom stereocenters. The lowest BCUT2D eigenvalue weighted by molar-refractivity contribution is -0.329. The SMILES string of the molecule is [2H]CC(=O)C(O)[C@H]1OC(c2ccccc2)[C@@](O)(C(=O)C[2H])[C@](O)(C(=O)C[2H])[C@@]1(O)C(=O)C[2H]. The van der Waals surface area contributed by atoms with Crippen LogP contribution in [-0.2, 0) is 23.9 Å². The Labute approximate surface area is 172 Å². The van der Waals surface area contributed by atoms with E-state index in [0.717, 1.165) is 0 Å². The third-order valence-electron chi connectivity index (χ3n) is 5.15. The minimum atomic E-state index is -3.90. The lowest BCUT2D eigenvalue weighted by Crippen LogP contribution is -2.85. The summed E-state index contributed by atoms with van der Waals surface area (Å²) in [7, 11) is 0. The van der Waals surface area contributed by atoms with Crippen molar-refractivity contribution in [2.45, 2.75) is 62.7 Å².